The van der Waals surface area contributed by atoms with Gasteiger partial charge in [0.2, 0.25) is 0 Å². The minimum Gasteiger partial charge on any atom is -0.744 e. The summed E-state index contributed by atoms with van der Waals surface area (Å²) in [5.74, 6) is 0.00593. The fourth-order valence-electron chi connectivity index (χ4n) is 5.32. The fraction of sp³-hybridized carbons (Fsp3) is 0.0294. The molecular weight excluding hydrogens is 915 g/mol. The molecule has 0 radical (unpaired) electrons. The Balaban J connectivity index is 0.00000352. The standard InChI is InChI=1S/C34H23N9O12S5.4Li/c1-18-27(17-36)32(37-21-7-11-24(12-8-21)58(45,46)47)39-33(38-20-5-9-23(10-6-20)57-55-54-44)31(18)42-43-34-19(16-35)13-30(56-34)41-40-22-14-26-25(29(15-22)60(51,52)53)3-2-4-28(26)59(48,49)50;;;;/h2-15,44H,1H3,(H2,37,38,39)(H,45,46,47)(H,48,49,50)(H,51,52,53);;;;/q;4*+1/p-4. The second-order valence-corrected chi connectivity index (χ2v) is 17.6. The molecular formula is C34H19Li4N9O12S5. The minimum absolute atomic E-state index is 0. The third-order valence-electron chi connectivity index (χ3n) is 7.97. The summed E-state index contributed by atoms with van der Waals surface area (Å²) in [6.45, 7) is 1.53. The first-order valence-corrected chi connectivity index (χ1v) is 21.8. The van der Waals surface area contributed by atoms with E-state index in [9.17, 15) is 54.7 Å². The molecule has 0 amide bonds. The molecule has 0 aliphatic heterocycles. The van der Waals surface area contributed by atoms with Crippen molar-refractivity contribution in [1.29, 1.82) is 10.5 Å². The van der Waals surface area contributed by atoms with Crippen molar-refractivity contribution in [3.8, 4) is 12.1 Å². The molecule has 0 fully saturated rings. The van der Waals surface area contributed by atoms with Crippen molar-refractivity contribution >= 4 is 109 Å². The minimum atomic E-state index is -5.20. The van der Waals surface area contributed by atoms with E-state index in [0.717, 1.165) is 53.8 Å². The molecule has 2 aromatic heterocycles. The van der Waals surface area contributed by atoms with Crippen molar-refractivity contribution < 1.29 is 129 Å². The molecule has 0 bridgehead atoms. The topological polar surface area (TPSA) is 347 Å². The van der Waals surface area contributed by atoms with Gasteiger partial charge in [-0.05, 0) is 79.7 Å². The molecule has 0 aliphatic carbocycles. The van der Waals surface area contributed by atoms with Crippen LogP contribution in [-0.2, 0) is 39.7 Å². The number of rotatable bonds is 14. The number of nitrogens with zero attached hydrogens (tertiary/aromatic N) is 7. The van der Waals surface area contributed by atoms with Gasteiger partial charge in [-0.2, -0.15) is 14.9 Å². The fourth-order valence-corrected chi connectivity index (χ4v) is 8.29. The number of nitrogens with one attached hydrogen (secondary N) is 2. The number of azo groups is 2. The van der Waals surface area contributed by atoms with Gasteiger partial charge in [0, 0.05) is 32.6 Å². The third kappa shape index (κ3) is 13.6. The summed E-state index contributed by atoms with van der Waals surface area (Å²) >= 11 is 1.43. The van der Waals surface area contributed by atoms with Gasteiger partial charge in [0.25, 0.3) is 0 Å². The molecule has 0 aliphatic rings. The zero-order chi connectivity index (χ0) is 43.4. The normalized spacial score (nSPS) is 11.4. The van der Waals surface area contributed by atoms with Crippen LogP contribution in [0.5, 0.6) is 0 Å². The first-order valence-electron chi connectivity index (χ1n) is 16.0. The number of nitriles is 2. The molecule has 21 nitrogen and oxygen atoms in total. The molecule has 0 saturated carbocycles. The van der Waals surface area contributed by atoms with Crippen molar-refractivity contribution in [2.75, 3.05) is 10.6 Å². The summed E-state index contributed by atoms with van der Waals surface area (Å²) < 4.78 is 111. The van der Waals surface area contributed by atoms with Gasteiger partial charge in [-0.3, -0.25) is 5.04 Å². The number of aromatic nitrogens is 1. The summed E-state index contributed by atoms with van der Waals surface area (Å²) in [5.41, 5.74) is 0.519. The Bertz CT molecular complexity index is 3170. The van der Waals surface area contributed by atoms with Gasteiger partial charge >= 0.3 is 75.4 Å². The van der Waals surface area contributed by atoms with Crippen LogP contribution in [-0.4, -0.2) is 43.9 Å². The second-order valence-electron chi connectivity index (χ2n) is 11.8. The summed E-state index contributed by atoms with van der Waals surface area (Å²) in [7, 11) is -15.1. The molecule has 2 N–H and O–H groups in total. The van der Waals surface area contributed by atoms with Crippen molar-refractivity contribution in [1.82, 2.24) is 4.98 Å². The third-order valence-corrected chi connectivity index (χ3v) is 12.1. The number of pyridine rings is 1. The van der Waals surface area contributed by atoms with E-state index in [-0.39, 0.29) is 142 Å². The molecule has 0 unspecified atom stereocenters. The average molecular weight is 934 g/mol. The van der Waals surface area contributed by atoms with Gasteiger partial charge in [0.05, 0.1) is 43.5 Å². The van der Waals surface area contributed by atoms with E-state index in [1.54, 1.807) is 24.3 Å². The van der Waals surface area contributed by atoms with Crippen LogP contribution in [0.2, 0.25) is 0 Å². The van der Waals surface area contributed by atoms with E-state index < -0.39 is 45.0 Å². The maximum atomic E-state index is 12.1. The SMILES string of the molecule is Cc1c(C#N)c(Nc2ccc(S(=O)(=O)[O-])cc2)nc(Nc2ccc(SOO[O-])cc2)c1N=Nc1sc(N=Nc2cc(S(=O)(=O)[O-])c3cccc(S(=O)(=O)[O-])c3c2)cc1C#N.[Li+].[Li+].[Li+].[Li+]. The van der Waals surface area contributed by atoms with Gasteiger partial charge in [0.15, 0.2) is 16.6 Å². The van der Waals surface area contributed by atoms with Crippen LogP contribution >= 0.6 is 23.4 Å². The number of hydrogen-bond acceptors (Lipinski definition) is 23. The molecule has 64 heavy (non-hydrogen) atoms. The number of benzene rings is 4. The maximum Gasteiger partial charge on any atom is 1.00 e. The van der Waals surface area contributed by atoms with Gasteiger partial charge in [-0.15, -0.1) is 20.5 Å². The average Bonchev–Trinajstić information content (AvgIpc) is 3.60. The quantitative estimate of drug-likeness (QED) is 0.0257. The Morgan fingerprint density at radius 3 is 1.88 bits per heavy atom. The largest absolute Gasteiger partial charge is 1.00 e. The van der Waals surface area contributed by atoms with Crippen molar-refractivity contribution in [3.05, 3.63) is 102 Å². The molecule has 0 atom stereocenters. The molecule has 0 saturated heterocycles. The Morgan fingerprint density at radius 2 is 1.31 bits per heavy atom. The van der Waals surface area contributed by atoms with Crippen molar-refractivity contribution in [3.63, 3.8) is 0 Å². The van der Waals surface area contributed by atoms with Crippen LogP contribution in [0, 0.1) is 29.6 Å². The van der Waals surface area contributed by atoms with E-state index in [1.807, 2.05) is 12.1 Å². The van der Waals surface area contributed by atoms with E-state index in [4.69, 9.17) is 0 Å². The Kier molecular flexibility index (Phi) is 20.7. The Morgan fingerprint density at radius 1 is 0.703 bits per heavy atom. The van der Waals surface area contributed by atoms with Gasteiger partial charge in [-0.1, -0.05) is 23.5 Å². The molecule has 4 aromatic carbocycles. The number of anilines is 4. The monoisotopic (exact) mass is 933 g/mol. The molecule has 306 valence electrons. The van der Waals surface area contributed by atoms with Crippen LogP contribution in [0.25, 0.3) is 10.8 Å². The number of fused-ring (bicyclic) bond motifs is 1. The molecule has 2 heterocycles. The molecule has 6 rings (SSSR count). The number of thiophene rings is 1. The zero-order valence-electron chi connectivity index (χ0n) is 33.7. The van der Waals surface area contributed by atoms with Crippen LogP contribution < -0.4 is 91.3 Å². The smallest absolute Gasteiger partial charge is 0.744 e. The van der Waals surface area contributed by atoms with Gasteiger partial charge in [0.1, 0.15) is 53.2 Å². The molecule has 30 heteroatoms. The van der Waals surface area contributed by atoms with Crippen LogP contribution in [0.3, 0.4) is 0 Å². The van der Waals surface area contributed by atoms with E-state index in [1.165, 1.54) is 25.1 Å². The van der Waals surface area contributed by atoms with Gasteiger partial charge in [-0.25, -0.2) is 30.2 Å². The predicted molar refractivity (Wildman–Crippen MR) is 206 cm³/mol. The first kappa shape index (κ1) is 56.2. The summed E-state index contributed by atoms with van der Waals surface area (Å²) in [5, 5.41) is 55.4. The van der Waals surface area contributed by atoms with E-state index in [2.05, 4.69) is 45.4 Å². The van der Waals surface area contributed by atoms with Crippen molar-refractivity contribution in [2.45, 2.75) is 26.5 Å². The Hall–Kier alpha value is -3.88. The Labute approximate surface area is 420 Å². The summed E-state index contributed by atoms with van der Waals surface area (Å²) in [6, 6.07) is 21.3. The second kappa shape index (κ2) is 23.5. The predicted octanol–water partition coefficient (Wildman–Crippen LogP) is -5.38. The zero-order valence-corrected chi connectivity index (χ0v) is 37.7. The molecule has 0 spiro atoms. The van der Waals surface area contributed by atoms with Crippen LogP contribution in [0.4, 0.5) is 44.4 Å². The first-order chi connectivity index (χ1) is 28.4. The van der Waals surface area contributed by atoms with Gasteiger partial charge < -0.3 is 29.5 Å². The van der Waals surface area contributed by atoms with E-state index in [0.29, 0.717) is 22.6 Å². The summed E-state index contributed by atoms with van der Waals surface area (Å²) in [6.07, 6.45) is 0. The number of hydrogen-bond donors (Lipinski definition) is 2. The molecule has 6 aromatic rings. The van der Waals surface area contributed by atoms with Crippen molar-refractivity contribution in [2.24, 2.45) is 20.5 Å². The van der Waals surface area contributed by atoms with E-state index >= 15 is 0 Å². The summed E-state index contributed by atoms with van der Waals surface area (Å²) in [4.78, 5) is 2.90. The van der Waals surface area contributed by atoms with Crippen LogP contribution in [0.1, 0.15) is 16.7 Å². The maximum absolute atomic E-state index is 12.1. The van der Waals surface area contributed by atoms with Crippen LogP contribution in [0.15, 0.2) is 125 Å².